The molecule has 1 aromatic carbocycles. The topological polar surface area (TPSA) is 90.4 Å². The number of nitrogens with zero attached hydrogens (tertiary/aromatic N) is 4. The van der Waals surface area contributed by atoms with Crippen molar-refractivity contribution in [1.29, 1.82) is 10.5 Å². The molecule has 0 fully saturated rings. The van der Waals surface area contributed by atoms with E-state index >= 15 is 0 Å². The predicted octanol–water partition coefficient (Wildman–Crippen LogP) is 5.86. The van der Waals surface area contributed by atoms with E-state index in [-0.39, 0.29) is 0 Å². The molecule has 1 aliphatic carbocycles. The van der Waals surface area contributed by atoms with Gasteiger partial charge in [0.15, 0.2) is 0 Å². The van der Waals surface area contributed by atoms with Crippen molar-refractivity contribution >= 4 is 34.0 Å². The zero-order valence-corrected chi connectivity index (χ0v) is 19.6. The summed E-state index contributed by atoms with van der Waals surface area (Å²) in [6.07, 6.45) is 6.23. The molecule has 0 saturated heterocycles. The van der Waals surface area contributed by atoms with Gasteiger partial charge < -0.3 is 14.3 Å². The van der Waals surface area contributed by atoms with E-state index in [4.69, 9.17) is 4.74 Å². The molecule has 0 unspecified atom stereocenters. The highest BCUT2D eigenvalue weighted by Crippen LogP contribution is 2.38. The number of imidazole rings is 1. The van der Waals surface area contributed by atoms with Crippen molar-refractivity contribution in [2.45, 2.75) is 39.5 Å². The molecule has 5 rings (SSSR count). The number of aryl methyl sites for hydroxylation is 2. The number of nitrogens with one attached hydrogen (secondary N) is 1. The van der Waals surface area contributed by atoms with E-state index in [9.17, 15) is 10.5 Å². The van der Waals surface area contributed by atoms with Gasteiger partial charge in [-0.05, 0) is 74.9 Å². The predicted molar refractivity (Wildman–Crippen MR) is 131 cm³/mol. The van der Waals surface area contributed by atoms with Crippen LogP contribution in [0.25, 0.3) is 27.7 Å². The summed E-state index contributed by atoms with van der Waals surface area (Å²) in [5, 5.41) is 20.8. The van der Waals surface area contributed by atoms with Gasteiger partial charge in [0.2, 0.25) is 0 Å². The summed E-state index contributed by atoms with van der Waals surface area (Å²) in [4.78, 5) is 9.17. The Kier molecular flexibility index (Phi) is 5.28. The zero-order chi connectivity index (χ0) is 23.1. The molecule has 0 saturated carbocycles. The number of aromatic amines is 1. The molecular formula is C26H23N5OS. The first kappa shape index (κ1) is 21.1. The van der Waals surface area contributed by atoms with Gasteiger partial charge in [-0.3, -0.25) is 0 Å². The monoisotopic (exact) mass is 453 g/mol. The first-order chi connectivity index (χ1) is 16.0. The number of rotatable bonds is 4. The molecule has 1 aliphatic rings. The SMILES string of the molecule is COc1ccc2nc(C(C#N)=Cc3cc(C)n(-c4sc5c(c4C#N)CCCC5)c3C)[nH]c2c1. The van der Waals surface area contributed by atoms with Crippen LogP contribution < -0.4 is 4.74 Å². The van der Waals surface area contributed by atoms with E-state index in [2.05, 4.69) is 32.7 Å². The molecule has 3 aromatic heterocycles. The summed E-state index contributed by atoms with van der Waals surface area (Å²) in [6.45, 7) is 4.08. The van der Waals surface area contributed by atoms with Crippen molar-refractivity contribution < 1.29 is 4.74 Å². The van der Waals surface area contributed by atoms with Gasteiger partial charge in [-0.15, -0.1) is 11.3 Å². The van der Waals surface area contributed by atoms with Gasteiger partial charge in [-0.1, -0.05) is 0 Å². The maximum atomic E-state index is 9.92. The highest BCUT2D eigenvalue weighted by Gasteiger charge is 2.24. The number of thiophene rings is 1. The molecule has 6 nitrogen and oxygen atoms in total. The number of aromatic nitrogens is 3. The van der Waals surface area contributed by atoms with Gasteiger partial charge in [-0.2, -0.15) is 10.5 Å². The smallest absolute Gasteiger partial charge is 0.149 e. The minimum atomic E-state index is 0.455. The van der Waals surface area contributed by atoms with Crippen LogP contribution >= 0.6 is 11.3 Å². The standard InChI is InChI=1S/C26H23N5OS/c1-15-10-17(11-18(13-27)25-29-22-9-8-19(32-3)12-23(22)30-25)16(2)31(15)26-21(14-28)20-6-4-5-7-24(20)33-26/h8-12H,4-7H2,1-3H3,(H,29,30). The van der Waals surface area contributed by atoms with Crippen LogP contribution in [-0.2, 0) is 12.8 Å². The third-order valence-electron chi connectivity index (χ3n) is 6.30. The van der Waals surface area contributed by atoms with Crippen molar-refractivity contribution in [3.63, 3.8) is 0 Å². The highest BCUT2D eigenvalue weighted by atomic mass is 32.1. The Bertz CT molecular complexity index is 1500. The van der Waals surface area contributed by atoms with Gasteiger partial charge in [0, 0.05) is 22.3 Å². The van der Waals surface area contributed by atoms with Gasteiger partial charge in [0.05, 0.1) is 29.3 Å². The van der Waals surface area contributed by atoms with Crippen molar-refractivity contribution in [2.75, 3.05) is 7.11 Å². The Morgan fingerprint density at radius 2 is 2.03 bits per heavy atom. The molecule has 0 amide bonds. The van der Waals surface area contributed by atoms with Gasteiger partial charge in [0.25, 0.3) is 0 Å². The van der Waals surface area contributed by atoms with Crippen molar-refractivity contribution in [3.8, 4) is 22.9 Å². The summed E-state index contributed by atoms with van der Waals surface area (Å²) in [7, 11) is 1.62. The van der Waals surface area contributed by atoms with Crippen LogP contribution in [-0.4, -0.2) is 21.6 Å². The first-order valence-corrected chi connectivity index (χ1v) is 11.8. The fourth-order valence-corrected chi connectivity index (χ4v) is 6.07. The average molecular weight is 454 g/mol. The Morgan fingerprint density at radius 1 is 1.21 bits per heavy atom. The molecule has 4 aromatic rings. The third kappa shape index (κ3) is 3.51. The van der Waals surface area contributed by atoms with Crippen LogP contribution in [0.2, 0.25) is 0 Å². The lowest BCUT2D eigenvalue weighted by Gasteiger charge is -2.10. The van der Waals surface area contributed by atoms with E-state index in [1.54, 1.807) is 18.4 Å². The fourth-order valence-electron chi connectivity index (χ4n) is 4.62. The maximum Gasteiger partial charge on any atom is 0.149 e. The van der Waals surface area contributed by atoms with E-state index < -0.39 is 0 Å². The molecule has 1 N–H and O–H groups in total. The number of hydrogen-bond acceptors (Lipinski definition) is 5. The van der Waals surface area contributed by atoms with E-state index in [0.717, 1.165) is 63.6 Å². The quantitative estimate of drug-likeness (QED) is 0.392. The molecule has 7 heteroatoms. The number of fused-ring (bicyclic) bond motifs is 2. The minimum Gasteiger partial charge on any atom is -0.497 e. The van der Waals surface area contributed by atoms with E-state index in [0.29, 0.717) is 11.4 Å². The maximum absolute atomic E-state index is 9.92. The summed E-state index contributed by atoms with van der Waals surface area (Å²) >= 11 is 1.73. The second-order valence-corrected chi connectivity index (χ2v) is 9.39. The van der Waals surface area contributed by atoms with Crippen LogP contribution in [0.4, 0.5) is 0 Å². The highest BCUT2D eigenvalue weighted by molar-refractivity contribution is 7.15. The minimum absolute atomic E-state index is 0.455. The normalized spacial score (nSPS) is 13.5. The molecule has 0 radical (unpaired) electrons. The molecule has 0 aliphatic heterocycles. The Labute approximate surface area is 196 Å². The van der Waals surface area contributed by atoms with Crippen LogP contribution in [0.15, 0.2) is 24.3 Å². The second-order valence-electron chi connectivity index (χ2n) is 8.30. The number of allylic oxidation sites excluding steroid dienone is 1. The number of H-pyrrole nitrogens is 1. The summed E-state index contributed by atoms with van der Waals surface area (Å²) in [5.41, 5.74) is 7.07. The molecule has 164 valence electrons. The van der Waals surface area contributed by atoms with Gasteiger partial charge >= 0.3 is 0 Å². The largest absolute Gasteiger partial charge is 0.497 e. The summed E-state index contributed by atoms with van der Waals surface area (Å²) < 4.78 is 7.44. The Balaban J connectivity index is 1.59. The summed E-state index contributed by atoms with van der Waals surface area (Å²) in [6, 6.07) is 12.4. The van der Waals surface area contributed by atoms with Crippen molar-refractivity contribution in [2.24, 2.45) is 0 Å². The first-order valence-electron chi connectivity index (χ1n) is 10.9. The van der Waals surface area contributed by atoms with Crippen LogP contribution in [0.1, 0.15) is 51.6 Å². The molecular weight excluding hydrogens is 430 g/mol. The fraction of sp³-hybridized carbons (Fsp3) is 0.269. The van der Waals surface area contributed by atoms with E-state index in [1.165, 1.54) is 16.9 Å². The van der Waals surface area contributed by atoms with Crippen molar-refractivity contribution in [3.05, 3.63) is 63.0 Å². The molecule has 0 bridgehead atoms. The Hall–Kier alpha value is -3.81. The lowest BCUT2D eigenvalue weighted by atomic mass is 9.96. The van der Waals surface area contributed by atoms with Crippen LogP contribution in [0.3, 0.4) is 0 Å². The van der Waals surface area contributed by atoms with Crippen LogP contribution in [0, 0.1) is 36.5 Å². The molecule has 33 heavy (non-hydrogen) atoms. The number of nitriles is 2. The molecule has 0 atom stereocenters. The third-order valence-corrected chi connectivity index (χ3v) is 7.58. The molecule has 3 heterocycles. The molecule has 0 spiro atoms. The number of ether oxygens (including phenoxy) is 1. The number of methoxy groups -OCH3 is 1. The lowest BCUT2D eigenvalue weighted by Crippen LogP contribution is -2.02. The van der Waals surface area contributed by atoms with E-state index in [1.807, 2.05) is 38.1 Å². The van der Waals surface area contributed by atoms with Gasteiger partial charge in [0.1, 0.15) is 28.7 Å². The van der Waals surface area contributed by atoms with Crippen molar-refractivity contribution in [1.82, 2.24) is 14.5 Å². The summed E-state index contributed by atoms with van der Waals surface area (Å²) in [5.74, 6) is 1.26. The Morgan fingerprint density at radius 3 is 2.79 bits per heavy atom. The lowest BCUT2D eigenvalue weighted by molar-refractivity contribution is 0.415. The number of benzene rings is 1. The average Bonchev–Trinajstić information content (AvgIpc) is 3.49. The second kappa shape index (κ2) is 8.27. The zero-order valence-electron chi connectivity index (χ0n) is 18.8. The number of hydrogen-bond donors (Lipinski definition) is 1. The van der Waals surface area contributed by atoms with Gasteiger partial charge in [-0.25, -0.2) is 4.98 Å². The van der Waals surface area contributed by atoms with Crippen LogP contribution in [0.5, 0.6) is 5.75 Å².